The van der Waals surface area contributed by atoms with Gasteiger partial charge in [-0.1, -0.05) is 216 Å². The molecule has 0 spiro atoms. The molecule has 0 aromatic rings. The number of carbonyl (C=O) groups excluding carboxylic acids is 3. The molecule has 0 saturated carbocycles. The molecule has 6 nitrogen and oxygen atoms in total. The second kappa shape index (κ2) is 57.1. The van der Waals surface area contributed by atoms with Crippen LogP contribution in [0, 0.1) is 0 Å². The highest BCUT2D eigenvalue weighted by Crippen LogP contribution is 2.10. The van der Waals surface area contributed by atoms with Crippen molar-refractivity contribution in [2.75, 3.05) is 13.2 Å². The SMILES string of the molecule is CC/C=C\C/C=C\C/C=C\C/C=C\C/C=C\CCCCCC(=O)OCC(COC(=O)C/C=C\C/C=C\C/C=C\C/C=C\C/C=C\CC)OC(=O)CCCCC/C=C\C/C=C\C/C=C\C/C=C\C/C=C\CC. The first-order chi connectivity index (χ1) is 35.0. The maximum Gasteiger partial charge on any atom is 0.309 e. The highest BCUT2D eigenvalue weighted by atomic mass is 16.6. The van der Waals surface area contributed by atoms with Crippen molar-refractivity contribution in [1.82, 2.24) is 0 Å². The van der Waals surface area contributed by atoms with Gasteiger partial charge in [0, 0.05) is 12.8 Å². The minimum absolute atomic E-state index is 0.103. The van der Waals surface area contributed by atoms with E-state index in [2.05, 4.69) is 191 Å². The number of hydrogen-bond acceptors (Lipinski definition) is 6. The average Bonchev–Trinajstić information content (AvgIpc) is 3.37. The summed E-state index contributed by atoms with van der Waals surface area (Å²) in [6, 6.07) is 0. The van der Waals surface area contributed by atoms with E-state index in [4.69, 9.17) is 14.2 Å². The van der Waals surface area contributed by atoms with Gasteiger partial charge in [0.1, 0.15) is 13.2 Å². The lowest BCUT2D eigenvalue weighted by Gasteiger charge is -2.18. The highest BCUT2D eigenvalue weighted by molar-refractivity contribution is 5.72. The lowest BCUT2D eigenvalue weighted by atomic mass is 10.1. The number of hydrogen-bond donors (Lipinski definition) is 0. The van der Waals surface area contributed by atoms with Gasteiger partial charge in [0.15, 0.2) is 6.10 Å². The molecule has 1 unspecified atom stereocenters. The predicted molar refractivity (Wildman–Crippen MR) is 306 cm³/mol. The van der Waals surface area contributed by atoms with E-state index in [9.17, 15) is 14.4 Å². The van der Waals surface area contributed by atoms with Gasteiger partial charge in [-0.2, -0.15) is 0 Å². The van der Waals surface area contributed by atoms with Crippen LogP contribution in [0.5, 0.6) is 0 Å². The molecule has 0 heterocycles. The standard InChI is InChI=1S/C65H96O6/c1-4-7-10-13-16-19-22-25-28-30-32-34-37-40-43-46-49-52-55-58-64(67)70-61-62(60-69-63(66)57-54-51-48-45-42-39-36-27-24-21-18-15-12-9-6-3)71-65(68)59-56-53-50-47-44-41-38-35-33-31-29-26-23-20-17-14-11-8-5-2/h7-12,16-21,25-29,32-36,40-45,51,54,62H,4-6,13-15,22-24,30-31,37-39,46-50,52-53,55-61H2,1-3H3/b10-7-,11-8-,12-9-,19-16-,20-17-,21-18-,28-25-,29-26-,34-32-,35-33-,36-27-,43-40-,44-41-,45-42-,54-51-. The monoisotopic (exact) mass is 973 g/mol. The van der Waals surface area contributed by atoms with E-state index in [0.29, 0.717) is 12.8 Å². The quantitative estimate of drug-likeness (QED) is 0.0262. The van der Waals surface area contributed by atoms with Crippen molar-refractivity contribution in [3.8, 4) is 0 Å². The summed E-state index contributed by atoms with van der Waals surface area (Å²) in [5.74, 6) is -1.16. The lowest BCUT2D eigenvalue weighted by Crippen LogP contribution is -2.30. The Kier molecular flexibility index (Phi) is 52.7. The van der Waals surface area contributed by atoms with E-state index < -0.39 is 12.1 Å². The number of rotatable bonds is 46. The Morgan fingerprint density at radius 2 is 0.563 bits per heavy atom. The molecule has 71 heavy (non-hydrogen) atoms. The largest absolute Gasteiger partial charge is 0.462 e. The van der Waals surface area contributed by atoms with Crippen molar-refractivity contribution in [3.63, 3.8) is 0 Å². The maximum absolute atomic E-state index is 12.8. The van der Waals surface area contributed by atoms with Crippen molar-refractivity contribution >= 4 is 17.9 Å². The second-order valence-corrected chi connectivity index (χ2v) is 17.0. The Labute approximate surface area is 434 Å². The summed E-state index contributed by atoms with van der Waals surface area (Å²) in [5.41, 5.74) is 0. The van der Waals surface area contributed by atoms with Gasteiger partial charge in [-0.05, 0) is 135 Å². The minimum Gasteiger partial charge on any atom is -0.462 e. The molecule has 0 aromatic carbocycles. The number of carbonyl (C=O) groups is 3. The van der Waals surface area contributed by atoms with Crippen molar-refractivity contribution in [2.45, 2.75) is 194 Å². The van der Waals surface area contributed by atoms with Crippen LogP contribution in [-0.2, 0) is 28.6 Å². The van der Waals surface area contributed by atoms with Gasteiger partial charge in [-0.15, -0.1) is 0 Å². The van der Waals surface area contributed by atoms with Gasteiger partial charge in [0.05, 0.1) is 6.42 Å². The number of allylic oxidation sites excluding steroid dienone is 29. The molecule has 0 aliphatic rings. The molecule has 0 aliphatic heterocycles. The van der Waals surface area contributed by atoms with Crippen LogP contribution in [0.2, 0.25) is 0 Å². The third kappa shape index (κ3) is 55.3. The summed E-state index contributed by atoms with van der Waals surface area (Å²) in [5, 5.41) is 0. The third-order valence-electron chi connectivity index (χ3n) is 10.4. The number of esters is 3. The Morgan fingerprint density at radius 1 is 0.296 bits per heavy atom. The molecule has 0 aliphatic carbocycles. The van der Waals surface area contributed by atoms with Gasteiger partial charge in [0.25, 0.3) is 0 Å². The van der Waals surface area contributed by atoms with Gasteiger partial charge in [0.2, 0.25) is 0 Å². The minimum atomic E-state index is -0.861. The van der Waals surface area contributed by atoms with E-state index >= 15 is 0 Å². The van der Waals surface area contributed by atoms with E-state index in [-0.39, 0.29) is 44.4 Å². The van der Waals surface area contributed by atoms with E-state index in [1.165, 1.54) is 0 Å². The van der Waals surface area contributed by atoms with Crippen LogP contribution < -0.4 is 0 Å². The summed E-state index contributed by atoms with van der Waals surface area (Å²) in [4.78, 5) is 38.1. The van der Waals surface area contributed by atoms with Gasteiger partial charge < -0.3 is 14.2 Å². The molecule has 392 valence electrons. The van der Waals surface area contributed by atoms with Crippen molar-refractivity contribution in [3.05, 3.63) is 182 Å². The summed E-state index contributed by atoms with van der Waals surface area (Å²) in [6.07, 6.45) is 86.1. The summed E-state index contributed by atoms with van der Waals surface area (Å²) in [7, 11) is 0. The van der Waals surface area contributed by atoms with Crippen LogP contribution in [0.3, 0.4) is 0 Å². The zero-order valence-corrected chi connectivity index (χ0v) is 44.6. The molecule has 0 fully saturated rings. The third-order valence-corrected chi connectivity index (χ3v) is 10.4. The smallest absolute Gasteiger partial charge is 0.309 e. The zero-order chi connectivity index (χ0) is 51.4. The zero-order valence-electron chi connectivity index (χ0n) is 44.6. The topological polar surface area (TPSA) is 78.9 Å². The van der Waals surface area contributed by atoms with Crippen molar-refractivity contribution < 1.29 is 28.6 Å². The van der Waals surface area contributed by atoms with Crippen molar-refractivity contribution in [2.24, 2.45) is 0 Å². The Bertz CT molecular complexity index is 1730. The Morgan fingerprint density at radius 3 is 0.887 bits per heavy atom. The molecule has 0 amide bonds. The van der Waals surface area contributed by atoms with Crippen LogP contribution in [0.1, 0.15) is 188 Å². The van der Waals surface area contributed by atoms with Crippen LogP contribution in [0.15, 0.2) is 182 Å². The molecule has 6 heteroatoms. The molecule has 0 bridgehead atoms. The predicted octanol–water partition coefficient (Wildman–Crippen LogP) is 18.5. The van der Waals surface area contributed by atoms with E-state index in [1.807, 2.05) is 6.08 Å². The fraction of sp³-hybridized carbons (Fsp3) is 0.492. The average molecular weight is 973 g/mol. The summed E-state index contributed by atoms with van der Waals surface area (Å²) in [6.45, 7) is 6.12. The van der Waals surface area contributed by atoms with Gasteiger partial charge in [-0.3, -0.25) is 14.4 Å². The fourth-order valence-electron chi connectivity index (χ4n) is 6.45. The Hall–Kier alpha value is -5.49. The second-order valence-electron chi connectivity index (χ2n) is 17.0. The van der Waals surface area contributed by atoms with E-state index in [1.54, 1.807) is 6.08 Å². The molecule has 0 rings (SSSR count). The maximum atomic E-state index is 12.8. The van der Waals surface area contributed by atoms with Crippen LogP contribution >= 0.6 is 0 Å². The van der Waals surface area contributed by atoms with Crippen LogP contribution in [0.25, 0.3) is 0 Å². The number of ether oxygens (including phenoxy) is 3. The normalized spacial score (nSPS) is 13.6. The highest BCUT2D eigenvalue weighted by Gasteiger charge is 2.19. The summed E-state index contributed by atoms with van der Waals surface area (Å²) >= 11 is 0. The molecule has 0 N–H and O–H groups in total. The molecular weight excluding hydrogens is 877 g/mol. The van der Waals surface area contributed by atoms with Crippen molar-refractivity contribution in [1.29, 1.82) is 0 Å². The molecule has 0 aromatic heterocycles. The molecule has 0 saturated heterocycles. The molecular formula is C65H96O6. The van der Waals surface area contributed by atoms with Crippen LogP contribution in [0.4, 0.5) is 0 Å². The Balaban J connectivity index is 4.67. The lowest BCUT2D eigenvalue weighted by molar-refractivity contribution is -0.166. The van der Waals surface area contributed by atoms with Gasteiger partial charge >= 0.3 is 17.9 Å². The van der Waals surface area contributed by atoms with E-state index in [0.717, 1.165) is 135 Å². The van der Waals surface area contributed by atoms with Crippen LogP contribution in [-0.4, -0.2) is 37.2 Å². The summed E-state index contributed by atoms with van der Waals surface area (Å²) < 4.78 is 16.7. The van der Waals surface area contributed by atoms with Gasteiger partial charge in [-0.25, -0.2) is 0 Å². The molecule has 1 atom stereocenters. The molecule has 0 radical (unpaired) electrons. The first-order valence-electron chi connectivity index (χ1n) is 27.3. The first kappa shape index (κ1) is 65.5. The first-order valence-corrected chi connectivity index (χ1v) is 27.3. The number of unbranched alkanes of at least 4 members (excludes halogenated alkanes) is 6. The fourth-order valence-corrected chi connectivity index (χ4v) is 6.45.